The minimum Gasteiger partial charge on any atom is -0.490 e. The van der Waals surface area contributed by atoms with E-state index in [-0.39, 0.29) is 5.91 Å². The molecule has 0 N–H and O–H groups in total. The fraction of sp³-hybridized carbons (Fsp3) is 0.500. The van der Waals surface area contributed by atoms with Gasteiger partial charge in [-0.2, -0.15) is 5.10 Å². The largest absolute Gasteiger partial charge is 0.490 e. The molecule has 1 fully saturated rings. The molecule has 6 heteroatoms. The molecule has 0 bridgehead atoms. The highest BCUT2D eigenvalue weighted by Crippen LogP contribution is 2.28. The lowest BCUT2D eigenvalue weighted by Gasteiger charge is -2.41. The van der Waals surface area contributed by atoms with Gasteiger partial charge in [0.05, 0.1) is 6.54 Å². The van der Waals surface area contributed by atoms with Crippen LogP contribution < -0.4 is 4.74 Å². The van der Waals surface area contributed by atoms with Gasteiger partial charge >= 0.3 is 0 Å². The fourth-order valence-corrected chi connectivity index (χ4v) is 3.36. The summed E-state index contributed by atoms with van der Waals surface area (Å²) in [5.41, 5.74) is 1.08. The summed E-state index contributed by atoms with van der Waals surface area (Å²) in [4.78, 5) is 14.6. The molecular formula is C20H27N3O3. The van der Waals surface area contributed by atoms with Gasteiger partial charge in [-0.1, -0.05) is 18.2 Å². The zero-order valence-corrected chi connectivity index (χ0v) is 15.8. The van der Waals surface area contributed by atoms with Crippen molar-refractivity contribution in [3.63, 3.8) is 0 Å². The van der Waals surface area contributed by atoms with Gasteiger partial charge in [0, 0.05) is 26.4 Å². The number of benzene rings is 1. The van der Waals surface area contributed by atoms with E-state index in [2.05, 4.69) is 5.10 Å². The third kappa shape index (κ3) is 3.90. The van der Waals surface area contributed by atoms with Crippen molar-refractivity contribution < 1.29 is 14.3 Å². The van der Waals surface area contributed by atoms with Crippen molar-refractivity contribution in [3.8, 4) is 5.75 Å². The molecule has 1 aliphatic rings. The number of aryl methyl sites for hydroxylation is 2. The smallest absolute Gasteiger partial charge is 0.274 e. The minimum absolute atomic E-state index is 0.0470. The Morgan fingerprint density at radius 2 is 2.12 bits per heavy atom. The monoisotopic (exact) mass is 357 g/mol. The minimum atomic E-state index is -0.497. The van der Waals surface area contributed by atoms with E-state index >= 15 is 0 Å². The van der Waals surface area contributed by atoms with Crippen LogP contribution in [0.15, 0.2) is 36.5 Å². The second-order valence-corrected chi connectivity index (χ2v) is 6.83. The fourth-order valence-electron chi connectivity index (χ4n) is 3.36. The van der Waals surface area contributed by atoms with E-state index in [9.17, 15) is 4.79 Å². The zero-order chi connectivity index (χ0) is 18.6. The van der Waals surface area contributed by atoms with Crippen molar-refractivity contribution in [1.82, 2.24) is 14.7 Å². The summed E-state index contributed by atoms with van der Waals surface area (Å²) in [6.07, 6.45) is 3.58. The van der Waals surface area contributed by atoms with Gasteiger partial charge in [0.15, 0.2) is 0 Å². The Morgan fingerprint density at radius 3 is 2.81 bits per heavy atom. The van der Waals surface area contributed by atoms with Crippen LogP contribution in [-0.2, 0) is 11.3 Å². The molecular weight excluding hydrogens is 330 g/mol. The maximum absolute atomic E-state index is 12.8. The molecule has 1 aliphatic heterocycles. The van der Waals surface area contributed by atoms with E-state index in [4.69, 9.17) is 9.47 Å². The van der Waals surface area contributed by atoms with Gasteiger partial charge in [-0.05, 0) is 44.4 Å². The number of nitrogens with zero attached hydrogens (tertiary/aromatic N) is 3. The van der Waals surface area contributed by atoms with E-state index < -0.39 is 5.60 Å². The van der Waals surface area contributed by atoms with Crippen molar-refractivity contribution in [2.75, 3.05) is 26.8 Å². The van der Waals surface area contributed by atoms with E-state index in [0.717, 1.165) is 30.7 Å². The van der Waals surface area contributed by atoms with Gasteiger partial charge in [-0.3, -0.25) is 9.48 Å². The van der Waals surface area contributed by atoms with Crippen molar-refractivity contribution in [2.24, 2.45) is 0 Å². The molecule has 26 heavy (non-hydrogen) atoms. The summed E-state index contributed by atoms with van der Waals surface area (Å²) in [5, 5.41) is 4.34. The lowest BCUT2D eigenvalue weighted by Crippen LogP contribution is -2.54. The number of para-hydroxylation sites is 1. The van der Waals surface area contributed by atoms with Crippen molar-refractivity contribution >= 4 is 5.91 Å². The molecule has 1 unspecified atom stereocenters. The number of piperidine rings is 1. The maximum atomic E-state index is 12.8. The Bertz CT molecular complexity index is 758. The summed E-state index contributed by atoms with van der Waals surface area (Å²) in [7, 11) is 1.70. The first-order chi connectivity index (χ1) is 12.6. The molecule has 0 saturated carbocycles. The maximum Gasteiger partial charge on any atom is 0.274 e. The molecule has 6 nitrogen and oxygen atoms in total. The van der Waals surface area contributed by atoms with Crippen molar-refractivity contribution in [1.29, 1.82) is 0 Å². The number of likely N-dealkylation sites (tertiary alicyclic amines) is 1. The van der Waals surface area contributed by atoms with E-state index in [0.29, 0.717) is 25.4 Å². The van der Waals surface area contributed by atoms with Crippen LogP contribution in [0.1, 0.15) is 35.8 Å². The Morgan fingerprint density at radius 1 is 1.31 bits per heavy atom. The number of ether oxygens (including phenoxy) is 2. The molecule has 0 aliphatic carbocycles. The average molecular weight is 357 g/mol. The van der Waals surface area contributed by atoms with Gasteiger partial charge in [0.1, 0.15) is 23.7 Å². The number of hydrogen-bond donors (Lipinski definition) is 0. The highest BCUT2D eigenvalue weighted by Gasteiger charge is 2.39. The summed E-state index contributed by atoms with van der Waals surface area (Å²) in [6.45, 7) is 6.41. The van der Waals surface area contributed by atoms with Crippen LogP contribution >= 0.6 is 0 Å². The Hall–Kier alpha value is -2.34. The van der Waals surface area contributed by atoms with Crippen molar-refractivity contribution in [3.05, 3.63) is 47.8 Å². The van der Waals surface area contributed by atoms with E-state index in [1.807, 2.05) is 49.2 Å². The van der Waals surface area contributed by atoms with Gasteiger partial charge in [-0.25, -0.2) is 0 Å². The van der Waals surface area contributed by atoms with Gasteiger partial charge < -0.3 is 14.4 Å². The molecule has 2 heterocycles. The third-order valence-electron chi connectivity index (χ3n) is 5.03. The average Bonchev–Trinajstić information content (AvgIpc) is 3.16. The molecule has 2 aromatic rings. The molecule has 1 aromatic carbocycles. The summed E-state index contributed by atoms with van der Waals surface area (Å²) in [6, 6.07) is 9.71. The zero-order valence-electron chi connectivity index (χ0n) is 15.8. The van der Waals surface area contributed by atoms with E-state index in [1.165, 1.54) is 0 Å². The number of carbonyl (C=O) groups excluding carboxylic acids is 1. The second kappa shape index (κ2) is 7.91. The number of methoxy groups -OCH3 is 1. The SMILES string of the molecule is CCn1ccc(C(=O)N2CCCC(COc3ccccc3C)(OC)C2)n1. The lowest BCUT2D eigenvalue weighted by atomic mass is 9.93. The van der Waals surface area contributed by atoms with Crippen LogP contribution in [0, 0.1) is 6.92 Å². The third-order valence-corrected chi connectivity index (χ3v) is 5.03. The van der Waals surface area contributed by atoms with E-state index in [1.54, 1.807) is 17.9 Å². The number of amides is 1. The molecule has 0 spiro atoms. The quantitative estimate of drug-likeness (QED) is 0.798. The van der Waals surface area contributed by atoms with Gasteiger partial charge in [0.2, 0.25) is 0 Å². The molecule has 1 amide bonds. The number of aromatic nitrogens is 2. The molecule has 1 atom stereocenters. The van der Waals surface area contributed by atoms with Gasteiger partial charge in [0.25, 0.3) is 5.91 Å². The summed E-state index contributed by atoms with van der Waals surface area (Å²) >= 11 is 0. The standard InChI is InChI=1S/C20H27N3O3/c1-4-23-13-10-17(21-23)19(24)22-12-7-11-20(14-22,25-3)15-26-18-9-6-5-8-16(18)2/h5-6,8-10,13H,4,7,11-12,14-15H2,1-3H3. The molecule has 140 valence electrons. The topological polar surface area (TPSA) is 56.6 Å². The lowest BCUT2D eigenvalue weighted by molar-refractivity contribution is -0.0826. The van der Waals surface area contributed by atoms with Crippen LogP contribution in [0.5, 0.6) is 5.75 Å². The molecule has 1 saturated heterocycles. The predicted molar refractivity (Wildman–Crippen MR) is 99.5 cm³/mol. The van der Waals surface area contributed by atoms with Crippen molar-refractivity contribution in [2.45, 2.75) is 38.8 Å². The molecule has 0 radical (unpaired) electrons. The normalized spacial score (nSPS) is 20.2. The van der Waals surface area contributed by atoms with Crippen LogP contribution in [0.4, 0.5) is 0 Å². The molecule has 1 aromatic heterocycles. The number of rotatable bonds is 6. The Balaban J connectivity index is 1.69. The van der Waals surface area contributed by atoms with Crippen LogP contribution in [0.25, 0.3) is 0 Å². The Kier molecular flexibility index (Phi) is 5.61. The van der Waals surface area contributed by atoms with Gasteiger partial charge in [-0.15, -0.1) is 0 Å². The van der Waals surface area contributed by atoms with Crippen LogP contribution in [0.3, 0.4) is 0 Å². The summed E-state index contributed by atoms with van der Waals surface area (Å²) < 4.78 is 13.6. The second-order valence-electron chi connectivity index (χ2n) is 6.83. The highest BCUT2D eigenvalue weighted by molar-refractivity contribution is 5.92. The summed E-state index contributed by atoms with van der Waals surface area (Å²) in [5.74, 6) is 0.809. The predicted octanol–water partition coefficient (Wildman–Crippen LogP) is 2.91. The first-order valence-corrected chi connectivity index (χ1v) is 9.13. The first kappa shape index (κ1) is 18.5. The number of hydrogen-bond acceptors (Lipinski definition) is 4. The van der Waals surface area contributed by atoms with Crippen LogP contribution in [-0.4, -0.2) is 53.0 Å². The molecule has 3 rings (SSSR count). The number of carbonyl (C=O) groups is 1. The van der Waals surface area contributed by atoms with Crippen LogP contribution in [0.2, 0.25) is 0 Å². The highest BCUT2D eigenvalue weighted by atomic mass is 16.5. The first-order valence-electron chi connectivity index (χ1n) is 9.13. The Labute approximate surface area is 154 Å².